The van der Waals surface area contributed by atoms with E-state index in [4.69, 9.17) is 4.74 Å². The molecule has 0 aliphatic rings. The number of aromatic nitrogens is 2. The smallest absolute Gasteiger partial charge is 0.0969 e. The molecule has 16 heavy (non-hydrogen) atoms. The number of nitrogens with one attached hydrogen (secondary N) is 1. The highest BCUT2D eigenvalue weighted by atomic mass is 16.5. The van der Waals surface area contributed by atoms with Crippen LogP contribution in [0.15, 0.2) is 30.6 Å². The van der Waals surface area contributed by atoms with Crippen molar-refractivity contribution in [3.05, 3.63) is 30.6 Å². The molecular formula is C12H17N3O. The van der Waals surface area contributed by atoms with Crippen molar-refractivity contribution in [1.29, 1.82) is 0 Å². The zero-order chi connectivity index (χ0) is 11.2. The van der Waals surface area contributed by atoms with Gasteiger partial charge < -0.3 is 9.30 Å². The number of hydrogen-bond acceptors (Lipinski definition) is 3. The van der Waals surface area contributed by atoms with Gasteiger partial charge in [-0.25, -0.2) is 4.98 Å². The number of hydrogen-bond donors (Lipinski definition) is 1. The van der Waals surface area contributed by atoms with Gasteiger partial charge in [0.1, 0.15) is 0 Å². The van der Waals surface area contributed by atoms with Crippen molar-refractivity contribution < 1.29 is 4.74 Å². The predicted molar refractivity (Wildman–Crippen MR) is 64.2 cm³/mol. The van der Waals surface area contributed by atoms with Gasteiger partial charge in [0, 0.05) is 13.7 Å². The molecule has 0 amide bonds. The average molecular weight is 219 g/mol. The number of para-hydroxylation sites is 2. The number of benzene rings is 1. The Labute approximate surface area is 95.2 Å². The monoisotopic (exact) mass is 219 g/mol. The van der Waals surface area contributed by atoms with Crippen LogP contribution in [-0.4, -0.2) is 29.8 Å². The first-order valence-electron chi connectivity index (χ1n) is 5.51. The largest absolute Gasteiger partial charge is 0.385 e. The van der Waals surface area contributed by atoms with E-state index in [9.17, 15) is 0 Å². The fourth-order valence-corrected chi connectivity index (χ4v) is 1.68. The maximum atomic E-state index is 4.99. The number of rotatable bonds is 6. The Balaban J connectivity index is 1.89. The third-order valence-electron chi connectivity index (χ3n) is 2.51. The van der Waals surface area contributed by atoms with E-state index in [-0.39, 0.29) is 0 Å². The van der Waals surface area contributed by atoms with Crippen molar-refractivity contribution in [2.24, 2.45) is 0 Å². The number of fused-ring (bicyclic) bond motifs is 1. The summed E-state index contributed by atoms with van der Waals surface area (Å²) in [6.07, 6.45) is 2.90. The van der Waals surface area contributed by atoms with Crippen molar-refractivity contribution in [3.63, 3.8) is 0 Å². The van der Waals surface area contributed by atoms with Gasteiger partial charge in [-0.15, -0.1) is 0 Å². The lowest BCUT2D eigenvalue weighted by Gasteiger charge is -2.06. The Morgan fingerprint density at radius 2 is 2.25 bits per heavy atom. The minimum Gasteiger partial charge on any atom is -0.385 e. The molecule has 0 spiro atoms. The lowest BCUT2D eigenvalue weighted by Crippen LogP contribution is -2.20. The summed E-state index contributed by atoms with van der Waals surface area (Å²) < 4.78 is 7.10. The first-order valence-corrected chi connectivity index (χ1v) is 5.51. The summed E-state index contributed by atoms with van der Waals surface area (Å²) in [5.41, 5.74) is 2.21. The molecule has 1 N–H and O–H groups in total. The molecule has 0 saturated heterocycles. The fraction of sp³-hybridized carbons (Fsp3) is 0.417. The topological polar surface area (TPSA) is 39.1 Å². The van der Waals surface area contributed by atoms with Crippen molar-refractivity contribution in [1.82, 2.24) is 14.9 Å². The fourth-order valence-electron chi connectivity index (χ4n) is 1.68. The van der Waals surface area contributed by atoms with Gasteiger partial charge in [-0.3, -0.25) is 5.32 Å². The van der Waals surface area contributed by atoms with Gasteiger partial charge in [0.2, 0.25) is 0 Å². The van der Waals surface area contributed by atoms with Crippen LogP contribution in [0.5, 0.6) is 0 Å². The molecule has 0 saturated carbocycles. The molecule has 0 atom stereocenters. The van der Waals surface area contributed by atoms with Crippen molar-refractivity contribution in [2.45, 2.75) is 13.1 Å². The van der Waals surface area contributed by atoms with E-state index < -0.39 is 0 Å². The van der Waals surface area contributed by atoms with Gasteiger partial charge in [-0.2, -0.15) is 0 Å². The molecule has 0 aliphatic heterocycles. The second kappa shape index (κ2) is 5.63. The lowest BCUT2D eigenvalue weighted by atomic mass is 10.3. The SMILES string of the molecule is COCCCNCn1cnc2ccccc21. The zero-order valence-corrected chi connectivity index (χ0v) is 9.52. The highest BCUT2D eigenvalue weighted by Crippen LogP contribution is 2.10. The van der Waals surface area contributed by atoms with E-state index in [2.05, 4.69) is 20.9 Å². The van der Waals surface area contributed by atoms with Crippen LogP contribution in [0.2, 0.25) is 0 Å². The van der Waals surface area contributed by atoms with Crippen LogP contribution in [0, 0.1) is 0 Å². The molecule has 0 unspecified atom stereocenters. The second-order valence-electron chi connectivity index (χ2n) is 3.71. The van der Waals surface area contributed by atoms with Crippen LogP contribution in [0.1, 0.15) is 6.42 Å². The van der Waals surface area contributed by atoms with Crippen molar-refractivity contribution in [3.8, 4) is 0 Å². The molecule has 0 radical (unpaired) electrons. The van der Waals surface area contributed by atoms with E-state index in [0.29, 0.717) is 0 Å². The van der Waals surface area contributed by atoms with Crippen molar-refractivity contribution in [2.75, 3.05) is 20.3 Å². The van der Waals surface area contributed by atoms with Gasteiger partial charge in [-0.05, 0) is 25.1 Å². The van der Waals surface area contributed by atoms with Crippen LogP contribution in [-0.2, 0) is 11.4 Å². The molecule has 0 aliphatic carbocycles. The van der Waals surface area contributed by atoms with Gasteiger partial charge in [0.15, 0.2) is 0 Å². The first-order chi connectivity index (χ1) is 7.92. The van der Waals surface area contributed by atoms with Crippen LogP contribution in [0.3, 0.4) is 0 Å². The molecule has 1 heterocycles. The summed E-state index contributed by atoms with van der Waals surface area (Å²) in [5, 5.41) is 3.36. The van der Waals surface area contributed by atoms with E-state index in [1.807, 2.05) is 24.5 Å². The standard InChI is InChI=1S/C12H17N3O/c1-16-8-4-7-13-9-15-10-14-11-5-2-3-6-12(11)15/h2-3,5-6,10,13H,4,7-9H2,1H3. The number of nitrogens with zero attached hydrogens (tertiary/aromatic N) is 2. The molecule has 2 rings (SSSR count). The van der Waals surface area contributed by atoms with Gasteiger partial charge in [-0.1, -0.05) is 12.1 Å². The number of imidazole rings is 1. The predicted octanol–water partition coefficient (Wildman–Crippen LogP) is 1.62. The Morgan fingerprint density at radius 3 is 3.12 bits per heavy atom. The summed E-state index contributed by atoms with van der Waals surface area (Å²) in [7, 11) is 1.73. The first kappa shape index (κ1) is 11.1. The molecule has 2 aromatic rings. The minimum absolute atomic E-state index is 0.796. The lowest BCUT2D eigenvalue weighted by molar-refractivity contribution is 0.193. The van der Waals surface area contributed by atoms with Crippen LogP contribution in [0.4, 0.5) is 0 Å². The molecule has 86 valence electrons. The summed E-state index contributed by atoms with van der Waals surface area (Å²) in [6, 6.07) is 8.15. The maximum Gasteiger partial charge on any atom is 0.0969 e. The normalized spacial score (nSPS) is 11.1. The van der Waals surface area contributed by atoms with Crippen LogP contribution in [0.25, 0.3) is 11.0 Å². The third kappa shape index (κ3) is 2.59. The third-order valence-corrected chi connectivity index (χ3v) is 2.51. The molecule has 0 fully saturated rings. The van der Waals surface area contributed by atoms with E-state index in [1.54, 1.807) is 7.11 Å². The molecular weight excluding hydrogens is 202 g/mol. The molecule has 1 aromatic heterocycles. The number of methoxy groups -OCH3 is 1. The van der Waals surface area contributed by atoms with Gasteiger partial charge in [0.25, 0.3) is 0 Å². The number of ether oxygens (including phenoxy) is 1. The summed E-state index contributed by atoms with van der Waals surface area (Å²) in [5.74, 6) is 0. The Hall–Kier alpha value is -1.39. The van der Waals surface area contributed by atoms with Crippen molar-refractivity contribution >= 4 is 11.0 Å². The second-order valence-corrected chi connectivity index (χ2v) is 3.71. The average Bonchev–Trinajstić information content (AvgIpc) is 2.73. The van der Waals surface area contributed by atoms with E-state index >= 15 is 0 Å². The minimum atomic E-state index is 0.796. The van der Waals surface area contributed by atoms with Crippen LogP contribution >= 0.6 is 0 Å². The molecule has 4 heteroatoms. The Bertz CT molecular complexity index is 439. The highest BCUT2D eigenvalue weighted by Gasteiger charge is 1.99. The highest BCUT2D eigenvalue weighted by molar-refractivity contribution is 5.74. The van der Waals surface area contributed by atoms with Crippen LogP contribution < -0.4 is 5.32 Å². The quantitative estimate of drug-likeness (QED) is 0.750. The maximum absolute atomic E-state index is 4.99. The van der Waals surface area contributed by atoms with E-state index in [0.717, 1.165) is 31.8 Å². The molecule has 4 nitrogen and oxygen atoms in total. The summed E-state index contributed by atoms with van der Waals surface area (Å²) in [4.78, 5) is 4.33. The summed E-state index contributed by atoms with van der Waals surface area (Å²) >= 11 is 0. The zero-order valence-electron chi connectivity index (χ0n) is 9.52. The summed E-state index contributed by atoms with van der Waals surface area (Å²) in [6.45, 7) is 2.56. The Morgan fingerprint density at radius 1 is 1.38 bits per heavy atom. The van der Waals surface area contributed by atoms with E-state index in [1.165, 1.54) is 5.52 Å². The van der Waals surface area contributed by atoms with Gasteiger partial charge >= 0.3 is 0 Å². The molecule has 0 bridgehead atoms. The Kier molecular flexibility index (Phi) is 3.91. The van der Waals surface area contributed by atoms with Gasteiger partial charge in [0.05, 0.1) is 24.0 Å². The molecule has 1 aromatic carbocycles.